The molecule has 1 saturated heterocycles. The van der Waals surface area contributed by atoms with E-state index in [1.807, 2.05) is 19.2 Å². The Morgan fingerprint density at radius 1 is 1.38 bits per heavy atom. The summed E-state index contributed by atoms with van der Waals surface area (Å²) in [4.78, 5) is 13.4. The Morgan fingerprint density at radius 3 is 2.81 bits per heavy atom. The van der Waals surface area contributed by atoms with E-state index in [1.165, 1.54) is 11.1 Å². The van der Waals surface area contributed by atoms with Gasteiger partial charge in [0.05, 0.1) is 7.11 Å². The van der Waals surface area contributed by atoms with E-state index in [0.717, 1.165) is 25.0 Å². The van der Waals surface area contributed by atoms with Gasteiger partial charge >= 0.3 is 29.6 Å². The number of likely N-dealkylation sites (N-methyl/N-ethyl adjacent to an activating group) is 1. The van der Waals surface area contributed by atoms with E-state index in [2.05, 4.69) is 11.0 Å². The number of nitrogens with zero attached hydrogens (tertiary/aromatic N) is 1. The first-order valence-electron chi connectivity index (χ1n) is 7.16. The molecule has 1 aromatic rings. The number of hydrogen-bond donors (Lipinski definition) is 0. The van der Waals surface area contributed by atoms with Crippen LogP contribution >= 0.6 is 0 Å². The second-order valence-electron chi connectivity index (χ2n) is 6.02. The maximum absolute atomic E-state index is 11.2. The number of methoxy groups -OCH3 is 1. The second kappa shape index (κ2) is 6.69. The van der Waals surface area contributed by atoms with Gasteiger partial charge in [-0.3, -0.25) is 0 Å². The van der Waals surface area contributed by atoms with Gasteiger partial charge in [-0.05, 0) is 49.4 Å². The molecule has 0 unspecified atom stereocenters. The van der Waals surface area contributed by atoms with Gasteiger partial charge < -0.3 is 19.5 Å². The van der Waals surface area contributed by atoms with E-state index in [0.29, 0.717) is 18.5 Å². The molecule has 0 radical (unpaired) electrons. The van der Waals surface area contributed by atoms with Gasteiger partial charge in [-0.15, -0.1) is 0 Å². The average molecular weight is 297 g/mol. The van der Waals surface area contributed by atoms with E-state index >= 15 is 0 Å². The molecule has 1 aliphatic heterocycles. The van der Waals surface area contributed by atoms with Gasteiger partial charge in [0, 0.05) is 24.5 Å². The number of aliphatic carboxylic acids is 1. The first-order chi connectivity index (χ1) is 9.60. The third-order valence-corrected chi connectivity index (χ3v) is 4.88. The molecular formula is C16H20NNaO3. The van der Waals surface area contributed by atoms with Crippen LogP contribution in [0.2, 0.25) is 0 Å². The molecule has 5 heteroatoms. The Hall–Kier alpha value is -0.550. The Kier molecular flexibility index (Phi) is 5.36. The third-order valence-electron chi connectivity index (χ3n) is 4.88. The van der Waals surface area contributed by atoms with E-state index in [-0.39, 0.29) is 35.5 Å². The van der Waals surface area contributed by atoms with Gasteiger partial charge in [-0.1, -0.05) is 12.1 Å². The van der Waals surface area contributed by atoms with Crippen molar-refractivity contribution in [1.29, 1.82) is 0 Å². The number of ether oxygens (including phenoxy) is 1. The minimum Gasteiger partial charge on any atom is -0.550 e. The molecule has 2 aliphatic rings. The smallest absolute Gasteiger partial charge is 0.550 e. The zero-order chi connectivity index (χ0) is 14.3. The van der Waals surface area contributed by atoms with Crippen LogP contribution in [0.3, 0.4) is 0 Å². The summed E-state index contributed by atoms with van der Waals surface area (Å²) in [5.74, 6) is 0.0401. The van der Waals surface area contributed by atoms with Crippen molar-refractivity contribution < 1.29 is 44.2 Å². The molecule has 3 atom stereocenters. The molecule has 0 N–H and O–H groups in total. The molecule has 0 amide bonds. The van der Waals surface area contributed by atoms with Crippen LogP contribution in [0.15, 0.2) is 18.2 Å². The van der Waals surface area contributed by atoms with E-state index < -0.39 is 5.97 Å². The Morgan fingerprint density at radius 2 is 2.14 bits per heavy atom. The summed E-state index contributed by atoms with van der Waals surface area (Å²) < 4.78 is 5.45. The number of carbonyl (C=O) groups excluding carboxylic acids is 1. The normalized spacial score (nSPS) is 28.0. The van der Waals surface area contributed by atoms with Crippen molar-refractivity contribution in [3.63, 3.8) is 0 Å². The Labute approximate surface area is 147 Å². The van der Waals surface area contributed by atoms with Gasteiger partial charge in [0.15, 0.2) is 0 Å². The molecule has 0 saturated carbocycles. The number of rotatable bonds is 2. The first-order valence-corrected chi connectivity index (χ1v) is 7.16. The number of carbonyl (C=O) groups is 1. The average Bonchev–Trinajstić information content (AvgIpc) is 2.44. The summed E-state index contributed by atoms with van der Waals surface area (Å²) in [7, 11) is 3.72. The summed E-state index contributed by atoms with van der Waals surface area (Å²) >= 11 is 0. The molecule has 0 spiro atoms. The van der Waals surface area contributed by atoms with Gasteiger partial charge in [0.1, 0.15) is 5.75 Å². The van der Waals surface area contributed by atoms with Crippen molar-refractivity contribution in [3.05, 3.63) is 29.3 Å². The maximum atomic E-state index is 11.2. The minimum absolute atomic E-state index is 0. The summed E-state index contributed by atoms with van der Waals surface area (Å²) in [5, 5.41) is 11.2. The number of benzene rings is 1. The standard InChI is InChI=1S/C16H21NO3.Na/c1-17-9-12(16(18)19)6-11-7-13-10(8-14(11)17)4-3-5-15(13)20-2;/h3-5,11-12,14H,6-9H2,1-2H3,(H,18,19);/q;+1/p-1/t11-,12-,14-;/m1./s1. The van der Waals surface area contributed by atoms with E-state index in [4.69, 9.17) is 4.74 Å². The van der Waals surface area contributed by atoms with Crippen LogP contribution in [0.25, 0.3) is 0 Å². The van der Waals surface area contributed by atoms with Crippen LogP contribution in [0.1, 0.15) is 17.5 Å². The molecule has 4 nitrogen and oxygen atoms in total. The van der Waals surface area contributed by atoms with Crippen molar-refractivity contribution in [3.8, 4) is 5.75 Å². The van der Waals surface area contributed by atoms with Crippen LogP contribution in [-0.4, -0.2) is 37.6 Å². The van der Waals surface area contributed by atoms with Crippen LogP contribution in [-0.2, 0) is 17.6 Å². The maximum Gasteiger partial charge on any atom is 1.00 e. The Bertz CT molecular complexity index is 534. The SMILES string of the molecule is COc1cccc2c1C[C@H]1C[C@@H](C(=O)[O-])CN(C)[C@@H]1C2.[Na+]. The van der Waals surface area contributed by atoms with Crippen molar-refractivity contribution in [2.24, 2.45) is 11.8 Å². The molecule has 1 fully saturated rings. The summed E-state index contributed by atoms with van der Waals surface area (Å²) in [5.41, 5.74) is 2.59. The van der Waals surface area contributed by atoms with Gasteiger partial charge in [-0.25, -0.2) is 0 Å². The number of carboxylic acid groups (broad SMARTS) is 1. The predicted molar refractivity (Wildman–Crippen MR) is 73.4 cm³/mol. The fourth-order valence-electron chi connectivity index (χ4n) is 3.87. The second-order valence-corrected chi connectivity index (χ2v) is 6.02. The molecule has 1 aromatic carbocycles. The van der Waals surface area contributed by atoms with Crippen LogP contribution < -0.4 is 39.4 Å². The molecule has 21 heavy (non-hydrogen) atoms. The van der Waals surface area contributed by atoms with Crippen molar-refractivity contribution in [2.75, 3.05) is 20.7 Å². The quantitative estimate of drug-likeness (QED) is 0.566. The van der Waals surface area contributed by atoms with Crippen LogP contribution in [0.5, 0.6) is 5.75 Å². The minimum atomic E-state index is -0.916. The van der Waals surface area contributed by atoms with Crippen LogP contribution in [0, 0.1) is 11.8 Å². The van der Waals surface area contributed by atoms with Gasteiger partial charge in [0.2, 0.25) is 0 Å². The predicted octanol–water partition coefficient (Wildman–Crippen LogP) is -2.52. The molecular weight excluding hydrogens is 277 g/mol. The van der Waals surface area contributed by atoms with Crippen molar-refractivity contribution in [2.45, 2.75) is 25.3 Å². The van der Waals surface area contributed by atoms with Gasteiger partial charge in [0.25, 0.3) is 0 Å². The molecule has 108 valence electrons. The van der Waals surface area contributed by atoms with E-state index in [9.17, 15) is 9.90 Å². The molecule has 1 aliphatic carbocycles. The summed E-state index contributed by atoms with van der Waals surface area (Å²) in [6.45, 7) is 0.600. The fraction of sp³-hybridized carbons (Fsp3) is 0.562. The number of fused-ring (bicyclic) bond motifs is 2. The third kappa shape index (κ3) is 3.14. The molecule has 3 rings (SSSR count). The summed E-state index contributed by atoms with van der Waals surface area (Å²) in [6.07, 6.45) is 2.60. The zero-order valence-corrected chi connectivity index (χ0v) is 15.0. The van der Waals surface area contributed by atoms with Crippen LogP contribution in [0.4, 0.5) is 0 Å². The van der Waals surface area contributed by atoms with Crippen molar-refractivity contribution >= 4 is 5.97 Å². The van der Waals surface area contributed by atoms with Crippen molar-refractivity contribution in [1.82, 2.24) is 4.90 Å². The molecule has 1 heterocycles. The van der Waals surface area contributed by atoms with Gasteiger partial charge in [-0.2, -0.15) is 0 Å². The Balaban J connectivity index is 0.00000161. The number of carboxylic acids is 1. The molecule has 0 aromatic heterocycles. The fourth-order valence-corrected chi connectivity index (χ4v) is 3.87. The largest absolute Gasteiger partial charge is 1.00 e. The number of likely N-dealkylation sites (tertiary alicyclic amines) is 1. The topological polar surface area (TPSA) is 52.6 Å². The summed E-state index contributed by atoms with van der Waals surface area (Å²) in [6, 6.07) is 6.62. The van der Waals surface area contributed by atoms with E-state index in [1.54, 1.807) is 7.11 Å². The zero-order valence-electron chi connectivity index (χ0n) is 13.0. The monoisotopic (exact) mass is 297 g/mol. The molecule has 0 bridgehead atoms. The first kappa shape index (κ1) is 16.8. The number of hydrogen-bond acceptors (Lipinski definition) is 4. The number of piperidine rings is 1.